The van der Waals surface area contributed by atoms with Gasteiger partial charge in [0.15, 0.2) is 0 Å². The zero-order valence-electron chi connectivity index (χ0n) is 9.55. The molecule has 0 aliphatic carbocycles. The first-order valence-electron chi connectivity index (χ1n) is 4.96. The summed E-state index contributed by atoms with van der Waals surface area (Å²) in [4.78, 5) is 11.7. The van der Waals surface area contributed by atoms with Gasteiger partial charge in [-0.15, -0.1) is 0 Å². The molecule has 0 spiro atoms. The van der Waals surface area contributed by atoms with Crippen LogP contribution in [0.5, 0.6) is 0 Å². The van der Waals surface area contributed by atoms with E-state index < -0.39 is 0 Å². The Morgan fingerprint density at radius 3 is 2.67 bits per heavy atom. The molecule has 0 fully saturated rings. The molecule has 3 nitrogen and oxygen atoms in total. The molecule has 0 aromatic carbocycles. The number of carbonyl (C=O) groups excluding carboxylic acids is 1. The maximum atomic E-state index is 11.7. The summed E-state index contributed by atoms with van der Waals surface area (Å²) in [7, 11) is 0. The van der Waals surface area contributed by atoms with Gasteiger partial charge in [0.05, 0.1) is 0 Å². The van der Waals surface area contributed by atoms with Gasteiger partial charge < -0.3 is 11.1 Å². The maximum absolute atomic E-state index is 11.7. The van der Waals surface area contributed by atoms with Crippen molar-refractivity contribution < 1.29 is 4.79 Å². The highest BCUT2D eigenvalue weighted by Gasteiger charge is 2.28. The fraction of sp³-hybridized carbons (Fsp3) is 0.417. The van der Waals surface area contributed by atoms with Crippen molar-refractivity contribution in [3.05, 3.63) is 35.6 Å². The molecule has 82 valence electrons. The summed E-state index contributed by atoms with van der Waals surface area (Å²) in [6, 6.07) is 0. The van der Waals surface area contributed by atoms with Crippen molar-refractivity contribution >= 4 is 5.91 Å². The molecule has 0 saturated heterocycles. The average molecular weight is 206 g/mol. The largest absolute Gasteiger partial charge is 0.399 e. The average Bonchev–Trinajstić information content (AvgIpc) is 1.98. The zero-order chi connectivity index (χ0) is 11.6. The highest BCUT2D eigenvalue weighted by atomic mass is 16.1. The van der Waals surface area contributed by atoms with Crippen LogP contribution in [0.1, 0.15) is 27.2 Å². The number of hydrogen-bond donors (Lipinski definition) is 2. The predicted octanol–water partition coefficient (Wildman–Crippen LogP) is 1.63. The van der Waals surface area contributed by atoms with Crippen LogP contribution in [0.4, 0.5) is 0 Å². The maximum Gasteiger partial charge on any atom is 0.251 e. The first-order chi connectivity index (χ1) is 6.82. The lowest BCUT2D eigenvalue weighted by Gasteiger charge is -2.32. The van der Waals surface area contributed by atoms with E-state index in [9.17, 15) is 4.79 Å². The topological polar surface area (TPSA) is 55.1 Å². The van der Waals surface area contributed by atoms with Crippen molar-refractivity contribution in [2.24, 2.45) is 5.73 Å². The minimum atomic E-state index is -0.155. The summed E-state index contributed by atoms with van der Waals surface area (Å²) in [5.74, 6) is -0.0405. The molecule has 1 amide bonds. The molecule has 3 N–H and O–H groups in total. The lowest BCUT2D eigenvalue weighted by atomic mass is 9.88. The summed E-state index contributed by atoms with van der Waals surface area (Å²) >= 11 is 0. The molecule has 0 saturated carbocycles. The molecule has 1 rings (SSSR count). The molecule has 0 atom stereocenters. The van der Waals surface area contributed by atoms with E-state index in [0.29, 0.717) is 11.3 Å². The Labute approximate surface area is 90.7 Å². The SMILES string of the molecule is C=C(N)/C=C\C1=C(C)CC(C)(C)NC1=O. The third-order valence-corrected chi connectivity index (χ3v) is 2.33. The van der Waals surface area contributed by atoms with Gasteiger partial charge in [-0.3, -0.25) is 4.79 Å². The highest BCUT2D eigenvalue weighted by molar-refractivity contribution is 5.98. The summed E-state index contributed by atoms with van der Waals surface area (Å²) in [6.07, 6.45) is 4.23. The minimum Gasteiger partial charge on any atom is -0.399 e. The van der Waals surface area contributed by atoms with Gasteiger partial charge in [0, 0.05) is 16.8 Å². The summed E-state index contributed by atoms with van der Waals surface area (Å²) in [5, 5.41) is 2.94. The Morgan fingerprint density at radius 1 is 1.60 bits per heavy atom. The number of nitrogens with one attached hydrogen (secondary N) is 1. The van der Waals surface area contributed by atoms with Crippen molar-refractivity contribution in [1.29, 1.82) is 0 Å². The second-order valence-electron chi connectivity index (χ2n) is 4.62. The van der Waals surface area contributed by atoms with Crippen LogP contribution in [0.15, 0.2) is 35.6 Å². The lowest BCUT2D eigenvalue weighted by molar-refractivity contribution is -0.119. The molecule has 1 aliphatic heterocycles. The number of allylic oxidation sites excluding steroid dienone is 1. The minimum absolute atomic E-state index is 0.0405. The van der Waals surface area contributed by atoms with Gasteiger partial charge in [-0.05, 0) is 39.3 Å². The standard InChI is InChI=1S/C12H18N2O/c1-8-7-12(3,4)14-11(15)10(8)6-5-9(2)13/h5-6H,2,7,13H2,1,3-4H3,(H,14,15)/b6-5-. The van der Waals surface area contributed by atoms with Crippen LogP contribution in [0.2, 0.25) is 0 Å². The normalized spacial score (nSPS) is 20.6. The van der Waals surface area contributed by atoms with Gasteiger partial charge in [0.25, 0.3) is 5.91 Å². The molecule has 0 aromatic rings. The number of carbonyl (C=O) groups is 1. The monoisotopic (exact) mass is 206 g/mol. The van der Waals surface area contributed by atoms with E-state index in [2.05, 4.69) is 11.9 Å². The predicted molar refractivity (Wildman–Crippen MR) is 62.0 cm³/mol. The quantitative estimate of drug-likeness (QED) is 0.675. The first kappa shape index (κ1) is 11.6. The van der Waals surface area contributed by atoms with Crippen LogP contribution in [0, 0.1) is 0 Å². The van der Waals surface area contributed by atoms with Crippen molar-refractivity contribution in [2.75, 3.05) is 0 Å². The molecule has 0 aromatic heterocycles. The second kappa shape index (κ2) is 3.93. The molecular formula is C12H18N2O. The van der Waals surface area contributed by atoms with Crippen LogP contribution >= 0.6 is 0 Å². The van der Waals surface area contributed by atoms with E-state index in [-0.39, 0.29) is 11.4 Å². The third-order valence-electron chi connectivity index (χ3n) is 2.33. The van der Waals surface area contributed by atoms with Gasteiger partial charge in [0.1, 0.15) is 0 Å². The number of nitrogens with two attached hydrogens (primary N) is 1. The summed E-state index contributed by atoms with van der Waals surface area (Å²) < 4.78 is 0. The molecule has 3 heteroatoms. The second-order valence-corrected chi connectivity index (χ2v) is 4.62. The van der Waals surface area contributed by atoms with E-state index >= 15 is 0 Å². The molecule has 1 aliphatic rings. The van der Waals surface area contributed by atoms with E-state index in [0.717, 1.165) is 12.0 Å². The molecular weight excluding hydrogens is 188 g/mol. The van der Waals surface area contributed by atoms with Crippen molar-refractivity contribution in [3.8, 4) is 0 Å². The number of hydrogen-bond acceptors (Lipinski definition) is 2. The molecule has 0 bridgehead atoms. The Balaban J connectivity index is 2.97. The van der Waals surface area contributed by atoms with E-state index in [1.54, 1.807) is 12.2 Å². The van der Waals surface area contributed by atoms with Gasteiger partial charge >= 0.3 is 0 Å². The van der Waals surface area contributed by atoms with E-state index in [1.165, 1.54) is 0 Å². The Bertz CT molecular complexity index is 362. The van der Waals surface area contributed by atoms with Gasteiger partial charge in [-0.25, -0.2) is 0 Å². The van der Waals surface area contributed by atoms with Crippen molar-refractivity contribution in [2.45, 2.75) is 32.7 Å². The zero-order valence-corrected chi connectivity index (χ0v) is 9.55. The third kappa shape index (κ3) is 2.98. The Kier molecular flexibility index (Phi) is 3.03. The molecule has 0 unspecified atom stereocenters. The van der Waals surface area contributed by atoms with Crippen molar-refractivity contribution in [1.82, 2.24) is 5.32 Å². The van der Waals surface area contributed by atoms with Crippen LogP contribution in [0.3, 0.4) is 0 Å². The molecule has 0 radical (unpaired) electrons. The van der Waals surface area contributed by atoms with Crippen LogP contribution in [0.25, 0.3) is 0 Å². The van der Waals surface area contributed by atoms with Crippen molar-refractivity contribution in [3.63, 3.8) is 0 Å². The van der Waals surface area contributed by atoms with Crippen LogP contribution in [-0.2, 0) is 4.79 Å². The summed E-state index contributed by atoms with van der Waals surface area (Å²) in [6.45, 7) is 9.55. The Hall–Kier alpha value is -1.51. The van der Waals surface area contributed by atoms with Crippen LogP contribution in [-0.4, -0.2) is 11.4 Å². The van der Waals surface area contributed by atoms with Crippen LogP contribution < -0.4 is 11.1 Å². The van der Waals surface area contributed by atoms with Gasteiger partial charge in [-0.2, -0.15) is 0 Å². The summed E-state index contributed by atoms with van der Waals surface area (Å²) in [5.41, 5.74) is 7.50. The smallest absolute Gasteiger partial charge is 0.251 e. The number of amides is 1. The molecule has 1 heterocycles. The lowest BCUT2D eigenvalue weighted by Crippen LogP contribution is -2.47. The fourth-order valence-corrected chi connectivity index (χ4v) is 1.78. The number of rotatable bonds is 2. The highest BCUT2D eigenvalue weighted by Crippen LogP contribution is 2.24. The fourth-order valence-electron chi connectivity index (χ4n) is 1.78. The molecule has 15 heavy (non-hydrogen) atoms. The first-order valence-corrected chi connectivity index (χ1v) is 4.96. The Morgan fingerprint density at radius 2 is 2.20 bits per heavy atom. The van der Waals surface area contributed by atoms with E-state index in [1.807, 2.05) is 20.8 Å². The van der Waals surface area contributed by atoms with Gasteiger partial charge in [-0.1, -0.05) is 12.2 Å². The van der Waals surface area contributed by atoms with Gasteiger partial charge in [0.2, 0.25) is 0 Å². The van der Waals surface area contributed by atoms with E-state index in [4.69, 9.17) is 5.73 Å².